The van der Waals surface area contributed by atoms with Crippen molar-refractivity contribution < 1.29 is 23.1 Å². The summed E-state index contributed by atoms with van der Waals surface area (Å²) in [6.45, 7) is 0. The van der Waals surface area contributed by atoms with Crippen molar-refractivity contribution in [3.05, 3.63) is 35.4 Å². The summed E-state index contributed by atoms with van der Waals surface area (Å²) >= 11 is 5.43. The van der Waals surface area contributed by atoms with Gasteiger partial charge in [-0.15, -0.1) is 11.6 Å². The van der Waals surface area contributed by atoms with Gasteiger partial charge < -0.3 is 4.74 Å². The smallest absolute Gasteiger partial charge is 0.331 e. The molecule has 0 heterocycles. The van der Waals surface area contributed by atoms with E-state index in [1.165, 1.54) is 0 Å². The van der Waals surface area contributed by atoms with Crippen molar-refractivity contribution in [1.29, 1.82) is 0 Å². The molecule has 1 atom stereocenters. The fraction of sp³-hybridized carbons (Fsp3) is 0.200. The Morgan fingerprint density at radius 2 is 2.00 bits per heavy atom. The number of ether oxygens (including phenoxy) is 1. The molecule has 16 heavy (non-hydrogen) atoms. The number of esters is 1. The van der Waals surface area contributed by atoms with Crippen LogP contribution >= 0.6 is 11.6 Å². The van der Waals surface area contributed by atoms with Gasteiger partial charge in [-0.2, -0.15) is 0 Å². The predicted molar refractivity (Wildman–Crippen MR) is 52.3 cm³/mol. The number of benzene rings is 1. The highest BCUT2D eigenvalue weighted by Gasteiger charge is 2.28. The van der Waals surface area contributed by atoms with E-state index >= 15 is 0 Å². The maximum absolute atomic E-state index is 13.1. The lowest BCUT2D eigenvalue weighted by Crippen LogP contribution is -2.26. The van der Waals surface area contributed by atoms with Crippen LogP contribution in [-0.4, -0.2) is 24.2 Å². The van der Waals surface area contributed by atoms with Gasteiger partial charge in [-0.3, -0.25) is 4.79 Å². The van der Waals surface area contributed by atoms with Gasteiger partial charge in [-0.1, -0.05) is 0 Å². The fourth-order valence-electron chi connectivity index (χ4n) is 1.03. The van der Waals surface area contributed by atoms with Crippen molar-refractivity contribution in [1.82, 2.24) is 0 Å². The molecule has 1 rings (SSSR count). The van der Waals surface area contributed by atoms with Crippen LogP contribution < -0.4 is 0 Å². The van der Waals surface area contributed by atoms with E-state index in [4.69, 9.17) is 11.6 Å². The summed E-state index contributed by atoms with van der Waals surface area (Å²) in [5, 5.41) is -1.68. The molecule has 1 aromatic carbocycles. The number of carbonyl (C=O) groups is 2. The van der Waals surface area contributed by atoms with Crippen molar-refractivity contribution in [2.45, 2.75) is 5.38 Å². The number of rotatable bonds is 3. The number of alkyl halides is 1. The molecule has 0 aliphatic rings. The van der Waals surface area contributed by atoms with E-state index in [9.17, 15) is 18.4 Å². The van der Waals surface area contributed by atoms with Crippen molar-refractivity contribution in [2.75, 3.05) is 7.11 Å². The highest BCUT2D eigenvalue weighted by atomic mass is 35.5. The second-order valence-electron chi connectivity index (χ2n) is 2.87. The molecular formula is C10H7ClF2O3. The van der Waals surface area contributed by atoms with Crippen LogP contribution in [0.25, 0.3) is 0 Å². The lowest BCUT2D eigenvalue weighted by atomic mass is 10.1. The van der Waals surface area contributed by atoms with Gasteiger partial charge in [0.2, 0.25) is 0 Å². The third-order valence-electron chi connectivity index (χ3n) is 1.83. The summed E-state index contributed by atoms with van der Waals surface area (Å²) in [7, 11) is 1.03. The van der Waals surface area contributed by atoms with Gasteiger partial charge >= 0.3 is 5.97 Å². The molecule has 3 nitrogen and oxygen atoms in total. The molecule has 0 saturated carbocycles. The lowest BCUT2D eigenvalue weighted by Gasteiger charge is -2.07. The summed E-state index contributed by atoms with van der Waals surface area (Å²) in [5.74, 6) is -3.79. The molecule has 0 spiro atoms. The fourth-order valence-corrected chi connectivity index (χ4v) is 1.24. The normalized spacial score (nSPS) is 12.0. The zero-order valence-electron chi connectivity index (χ0n) is 8.17. The van der Waals surface area contributed by atoms with Crippen LogP contribution in [0.1, 0.15) is 10.4 Å². The Morgan fingerprint density at radius 3 is 2.56 bits per heavy atom. The first-order chi connectivity index (χ1) is 7.47. The van der Waals surface area contributed by atoms with E-state index in [0.29, 0.717) is 6.07 Å². The zero-order chi connectivity index (χ0) is 12.3. The minimum atomic E-state index is -1.68. The van der Waals surface area contributed by atoms with E-state index < -0.39 is 34.3 Å². The predicted octanol–water partition coefficient (Wildman–Crippen LogP) is 1.93. The molecule has 0 saturated heterocycles. The Labute approximate surface area is 95.0 Å². The highest BCUT2D eigenvalue weighted by Crippen LogP contribution is 2.15. The second kappa shape index (κ2) is 5.03. The van der Waals surface area contributed by atoms with Gasteiger partial charge in [0.15, 0.2) is 11.2 Å². The molecule has 0 aliphatic carbocycles. The van der Waals surface area contributed by atoms with Gasteiger partial charge in [0.1, 0.15) is 11.6 Å². The van der Waals surface area contributed by atoms with Crippen LogP contribution in [0.15, 0.2) is 18.2 Å². The average molecular weight is 249 g/mol. The quantitative estimate of drug-likeness (QED) is 0.355. The third kappa shape index (κ3) is 2.55. The molecule has 6 heteroatoms. The van der Waals surface area contributed by atoms with Gasteiger partial charge in [0, 0.05) is 0 Å². The Hall–Kier alpha value is -1.49. The zero-order valence-corrected chi connectivity index (χ0v) is 8.92. The van der Waals surface area contributed by atoms with Crippen LogP contribution in [-0.2, 0) is 9.53 Å². The average Bonchev–Trinajstić information content (AvgIpc) is 2.29. The Morgan fingerprint density at radius 1 is 1.38 bits per heavy atom. The standard InChI is InChI=1S/C10H7ClF2O3/c1-16-10(15)8(11)9(14)6-4-5(12)2-3-7(6)13/h2-4,8H,1H3. The molecule has 0 amide bonds. The van der Waals surface area contributed by atoms with Crippen molar-refractivity contribution in [3.63, 3.8) is 0 Å². The molecule has 0 radical (unpaired) electrons. The largest absolute Gasteiger partial charge is 0.468 e. The monoisotopic (exact) mass is 248 g/mol. The van der Waals surface area contributed by atoms with Crippen LogP contribution in [0.4, 0.5) is 8.78 Å². The maximum atomic E-state index is 13.1. The molecule has 1 aromatic rings. The molecule has 86 valence electrons. The Balaban J connectivity index is 3.05. The number of ketones is 1. The molecule has 0 N–H and O–H groups in total. The molecule has 0 aromatic heterocycles. The summed E-state index contributed by atoms with van der Waals surface area (Å²) in [6, 6.07) is 2.31. The molecular weight excluding hydrogens is 242 g/mol. The van der Waals surface area contributed by atoms with Crippen molar-refractivity contribution in [3.8, 4) is 0 Å². The number of hydrogen-bond acceptors (Lipinski definition) is 3. The van der Waals surface area contributed by atoms with E-state index in [1.54, 1.807) is 0 Å². The maximum Gasteiger partial charge on any atom is 0.331 e. The first-order valence-electron chi connectivity index (χ1n) is 4.18. The first-order valence-corrected chi connectivity index (χ1v) is 4.62. The van der Waals surface area contributed by atoms with Crippen molar-refractivity contribution >= 4 is 23.4 Å². The van der Waals surface area contributed by atoms with Gasteiger partial charge in [0.25, 0.3) is 0 Å². The van der Waals surface area contributed by atoms with Gasteiger partial charge in [0.05, 0.1) is 12.7 Å². The molecule has 0 fully saturated rings. The third-order valence-corrected chi connectivity index (χ3v) is 2.21. The van der Waals surface area contributed by atoms with Crippen LogP contribution in [0, 0.1) is 11.6 Å². The molecule has 0 bridgehead atoms. The molecule has 1 unspecified atom stereocenters. The number of methoxy groups -OCH3 is 1. The van der Waals surface area contributed by atoms with Gasteiger partial charge in [-0.25, -0.2) is 13.6 Å². The minimum Gasteiger partial charge on any atom is -0.468 e. The first kappa shape index (κ1) is 12.6. The molecule has 0 aliphatic heterocycles. The Bertz CT molecular complexity index is 434. The summed E-state index contributed by atoms with van der Waals surface area (Å²) < 4.78 is 30.1. The van der Waals surface area contributed by atoms with Crippen LogP contribution in [0.5, 0.6) is 0 Å². The lowest BCUT2D eigenvalue weighted by molar-refractivity contribution is -0.139. The van der Waals surface area contributed by atoms with Crippen LogP contribution in [0.2, 0.25) is 0 Å². The van der Waals surface area contributed by atoms with Crippen molar-refractivity contribution in [2.24, 2.45) is 0 Å². The summed E-state index contributed by atoms with van der Waals surface area (Å²) in [5.41, 5.74) is -0.578. The van der Waals surface area contributed by atoms with E-state index in [1.807, 2.05) is 0 Å². The van der Waals surface area contributed by atoms with Crippen LogP contribution in [0.3, 0.4) is 0 Å². The van der Waals surface area contributed by atoms with E-state index in [2.05, 4.69) is 4.74 Å². The number of Topliss-reactive ketones (excluding diaryl/α,β-unsaturated/α-hetero) is 1. The van der Waals surface area contributed by atoms with E-state index in [-0.39, 0.29) is 0 Å². The number of hydrogen-bond donors (Lipinski definition) is 0. The number of halogens is 3. The Kier molecular flexibility index (Phi) is 3.95. The van der Waals surface area contributed by atoms with E-state index in [0.717, 1.165) is 19.2 Å². The summed E-state index contributed by atoms with van der Waals surface area (Å²) in [4.78, 5) is 22.4. The topological polar surface area (TPSA) is 43.4 Å². The SMILES string of the molecule is COC(=O)C(Cl)C(=O)c1cc(F)ccc1F. The van der Waals surface area contributed by atoms with Gasteiger partial charge in [-0.05, 0) is 18.2 Å². The highest BCUT2D eigenvalue weighted by molar-refractivity contribution is 6.43. The number of carbonyl (C=O) groups excluding carboxylic acids is 2. The summed E-state index contributed by atoms with van der Waals surface area (Å²) in [6.07, 6.45) is 0. The second-order valence-corrected chi connectivity index (χ2v) is 3.31. The minimum absolute atomic E-state index is 0.578.